The van der Waals surface area contributed by atoms with Crippen LogP contribution in [0.2, 0.25) is 10.0 Å². The molecule has 3 heterocycles. The zero-order valence-corrected chi connectivity index (χ0v) is 19.0. The summed E-state index contributed by atoms with van der Waals surface area (Å²) in [5.74, 6) is 0.540. The molecule has 2 aliphatic heterocycles. The highest BCUT2D eigenvalue weighted by Gasteiger charge is 2.41. The maximum Gasteiger partial charge on any atom is 0.251 e. The van der Waals surface area contributed by atoms with Crippen LogP contribution in [0.4, 0.5) is 5.69 Å². The van der Waals surface area contributed by atoms with E-state index in [-0.39, 0.29) is 29.8 Å². The summed E-state index contributed by atoms with van der Waals surface area (Å²) < 4.78 is 0. The number of benzene rings is 2. The van der Waals surface area contributed by atoms with Crippen molar-refractivity contribution in [2.24, 2.45) is 5.92 Å². The minimum Gasteiger partial charge on any atom is -0.366 e. The standard InChI is InChI=1S/C23H23Cl2N5O2/c1-12(21-28-17-4-3-14(24)11-18(17)29-21)27-22(31)13-2-5-20(16(25)10-13)30-9-7-15-19(30)6-8-26-23(15)32/h2-5,10-12,15,19H,6-9H2,1H3,(H,26,32)(H,27,31)(H,28,29). The average molecular weight is 472 g/mol. The Labute approximate surface area is 195 Å². The van der Waals surface area contributed by atoms with E-state index < -0.39 is 0 Å². The molecule has 0 bridgehead atoms. The zero-order valence-electron chi connectivity index (χ0n) is 17.5. The summed E-state index contributed by atoms with van der Waals surface area (Å²) in [5, 5.41) is 7.04. The molecule has 0 aliphatic carbocycles. The number of amides is 2. The summed E-state index contributed by atoms with van der Waals surface area (Å²) in [6.07, 6.45) is 1.71. The highest BCUT2D eigenvalue weighted by Crippen LogP contribution is 2.37. The van der Waals surface area contributed by atoms with Crippen molar-refractivity contribution in [3.05, 3.63) is 57.8 Å². The third-order valence-electron chi connectivity index (χ3n) is 6.36. The number of piperidine rings is 1. The van der Waals surface area contributed by atoms with Gasteiger partial charge in [0.2, 0.25) is 5.91 Å². The molecular formula is C23H23Cl2N5O2. The number of aromatic nitrogens is 2. The van der Waals surface area contributed by atoms with Crippen molar-refractivity contribution in [3.63, 3.8) is 0 Å². The van der Waals surface area contributed by atoms with E-state index in [2.05, 4.69) is 25.5 Å². The van der Waals surface area contributed by atoms with E-state index >= 15 is 0 Å². The Morgan fingerprint density at radius 2 is 2.06 bits per heavy atom. The molecule has 7 nitrogen and oxygen atoms in total. The number of rotatable bonds is 4. The number of carbonyl (C=O) groups is 2. The summed E-state index contributed by atoms with van der Waals surface area (Å²) in [6, 6.07) is 10.6. The Kier molecular flexibility index (Phi) is 5.47. The highest BCUT2D eigenvalue weighted by atomic mass is 35.5. The number of nitrogens with one attached hydrogen (secondary N) is 3. The van der Waals surface area contributed by atoms with Gasteiger partial charge in [-0.1, -0.05) is 23.2 Å². The maximum absolute atomic E-state index is 12.9. The first-order valence-electron chi connectivity index (χ1n) is 10.7. The molecule has 1 aromatic heterocycles. The molecule has 166 valence electrons. The highest BCUT2D eigenvalue weighted by molar-refractivity contribution is 6.33. The minimum atomic E-state index is -0.327. The molecule has 32 heavy (non-hydrogen) atoms. The Bertz CT molecular complexity index is 1210. The fourth-order valence-electron chi connectivity index (χ4n) is 4.73. The second kappa shape index (κ2) is 8.30. The number of nitrogens with zero attached hydrogens (tertiary/aromatic N) is 2. The lowest BCUT2D eigenvalue weighted by molar-refractivity contribution is -0.126. The fraction of sp³-hybridized carbons (Fsp3) is 0.348. The molecule has 2 aliphatic rings. The number of carbonyl (C=O) groups excluding carboxylic acids is 2. The fourth-order valence-corrected chi connectivity index (χ4v) is 5.19. The molecular weight excluding hydrogens is 449 g/mol. The molecule has 3 unspecified atom stereocenters. The average Bonchev–Trinajstić information content (AvgIpc) is 3.38. The molecule has 0 spiro atoms. The van der Waals surface area contributed by atoms with Gasteiger partial charge in [0, 0.05) is 29.7 Å². The van der Waals surface area contributed by atoms with Gasteiger partial charge in [0.05, 0.1) is 33.7 Å². The minimum absolute atomic E-state index is 0.00216. The molecule has 9 heteroatoms. The molecule has 3 aromatic rings. The number of aromatic amines is 1. The number of imidazole rings is 1. The third-order valence-corrected chi connectivity index (χ3v) is 6.90. The predicted molar refractivity (Wildman–Crippen MR) is 125 cm³/mol. The van der Waals surface area contributed by atoms with E-state index in [9.17, 15) is 9.59 Å². The first kappa shape index (κ1) is 21.1. The van der Waals surface area contributed by atoms with Crippen LogP contribution >= 0.6 is 23.2 Å². The van der Waals surface area contributed by atoms with Crippen LogP contribution in [0.5, 0.6) is 0 Å². The van der Waals surface area contributed by atoms with Crippen LogP contribution in [0.25, 0.3) is 11.0 Å². The Hall–Kier alpha value is -2.77. The van der Waals surface area contributed by atoms with Crippen molar-refractivity contribution in [2.45, 2.75) is 31.8 Å². The van der Waals surface area contributed by atoms with Crippen LogP contribution in [0.15, 0.2) is 36.4 Å². The van der Waals surface area contributed by atoms with E-state index in [4.69, 9.17) is 23.2 Å². The quantitative estimate of drug-likeness (QED) is 0.534. The van der Waals surface area contributed by atoms with Gasteiger partial charge in [0.15, 0.2) is 0 Å². The van der Waals surface area contributed by atoms with E-state index in [0.29, 0.717) is 28.0 Å². The van der Waals surface area contributed by atoms with Crippen molar-refractivity contribution in [1.29, 1.82) is 0 Å². The lowest BCUT2D eigenvalue weighted by atomic mass is 9.93. The molecule has 2 saturated heterocycles. The summed E-state index contributed by atoms with van der Waals surface area (Å²) in [5.41, 5.74) is 2.95. The number of halogens is 2. The van der Waals surface area contributed by atoms with Crippen molar-refractivity contribution < 1.29 is 9.59 Å². The van der Waals surface area contributed by atoms with E-state index in [1.165, 1.54) is 0 Å². The second-order valence-electron chi connectivity index (χ2n) is 8.38. The smallest absolute Gasteiger partial charge is 0.251 e. The molecule has 0 radical (unpaired) electrons. The molecule has 2 amide bonds. The van der Waals surface area contributed by atoms with Gasteiger partial charge in [0.1, 0.15) is 5.82 Å². The van der Waals surface area contributed by atoms with Gasteiger partial charge in [-0.3, -0.25) is 9.59 Å². The van der Waals surface area contributed by atoms with E-state index in [0.717, 1.165) is 36.1 Å². The molecule has 3 N–H and O–H groups in total. The van der Waals surface area contributed by atoms with Crippen LogP contribution < -0.4 is 15.5 Å². The Morgan fingerprint density at radius 3 is 2.88 bits per heavy atom. The van der Waals surface area contributed by atoms with Crippen LogP contribution in [0.3, 0.4) is 0 Å². The molecule has 2 aromatic carbocycles. The number of anilines is 1. The number of fused-ring (bicyclic) bond motifs is 2. The van der Waals surface area contributed by atoms with E-state index in [1.807, 2.05) is 19.1 Å². The van der Waals surface area contributed by atoms with Crippen LogP contribution in [-0.4, -0.2) is 40.9 Å². The molecule has 3 atom stereocenters. The summed E-state index contributed by atoms with van der Waals surface area (Å²) >= 11 is 12.6. The first-order valence-corrected chi connectivity index (χ1v) is 11.5. The van der Waals surface area contributed by atoms with E-state index in [1.54, 1.807) is 24.3 Å². The lowest BCUT2D eigenvalue weighted by Crippen LogP contribution is -2.47. The van der Waals surface area contributed by atoms with Crippen LogP contribution in [0, 0.1) is 5.92 Å². The monoisotopic (exact) mass is 471 g/mol. The van der Waals surface area contributed by atoms with Crippen molar-refractivity contribution in [3.8, 4) is 0 Å². The van der Waals surface area contributed by atoms with Gasteiger partial charge in [-0.05, 0) is 56.2 Å². The Balaban J connectivity index is 1.31. The SMILES string of the molecule is CC(NC(=O)c1ccc(N2CCC3C(=O)NCCC32)c(Cl)c1)c1nc2ccc(Cl)cc2[nH]1. The summed E-state index contributed by atoms with van der Waals surface area (Å²) in [7, 11) is 0. The predicted octanol–water partition coefficient (Wildman–Crippen LogP) is 4.08. The molecule has 2 fully saturated rings. The number of hydrogen-bond acceptors (Lipinski definition) is 4. The molecule has 5 rings (SSSR count). The Morgan fingerprint density at radius 1 is 1.22 bits per heavy atom. The van der Waals surface area contributed by atoms with Gasteiger partial charge in [-0.15, -0.1) is 0 Å². The van der Waals surface area contributed by atoms with Gasteiger partial charge in [-0.25, -0.2) is 4.98 Å². The van der Waals surface area contributed by atoms with Gasteiger partial charge < -0.3 is 20.5 Å². The van der Waals surface area contributed by atoms with Crippen molar-refractivity contribution >= 4 is 51.7 Å². The second-order valence-corrected chi connectivity index (χ2v) is 9.22. The maximum atomic E-state index is 12.9. The van der Waals surface area contributed by atoms with Crippen molar-refractivity contribution in [1.82, 2.24) is 20.6 Å². The third kappa shape index (κ3) is 3.80. The van der Waals surface area contributed by atoms with Gasteiger partial charge in [0.25, 0.3) is 5.91 Å². The van der Waals surface area contributed by atoms with Gasteiger partial charge >= 0.3 is 0 Å². The van der Waals surface area contributed by atoms with Crippen molar-refractivity contribution in [2.75, 3.05) is 18.0 Å². The zero-order chi connectivity index (χ0) is 22.4. The topological polar surface area (TPSA) is 90.1 Å². The summed E-state index contributed by atoms with van der Waals surface area (Å²) in [6.45, 7) is 3.33. The normalized spacial score (nSPS) is 21.3. The molecule has 0 saturated carbocycles. The largest absolute Gasteiger partial charge is 0.366 e. The van der Waals surface area contributed by atoms with Crippen LogP contribution in [-0.2, 0) is 4.79 Å². The van der Waals surface area contributed by atoms with Crippen LogP contribution in [0.1, 0.15) is 42.0 Å². The first-order chi connectivity index (χ1) is 15.4. The number of H-pyrrole nitrogens is 1. The number of hydrogen-bond donors (Lipinski definition) is 3. The summed E-state index contributed by atoms with van der Waals surface area (Å²) in [4.78, 5) is 34.9. The van der Waals surface area contributed by atoms with Gasteiger partial charge in [-0.2, -0.15) is 0 Å². The lowest BCUT2D eigenvalue weighted by Gasteiger charge is -2.33.